The van der Waals surface area contributed by atoms with Crippen LogP contribution < -0.4 is 31.1 Å². The Hall–Kier alpha value is -3.72. The van der Waals surface area contributed by atoms with E-state index in [-0.39, 0.29) is 5.91 Å². The topological polar surface area (TPSA) is 109 Å². The van der Waals surface area contributed by atoms with Gasteiger partial charge < -0.3 is 20.3 Å². The third-order valence-electron chi connectivity index (χ3n) is 5.26. The van der Waals surface area contributed by atoms with E-state index in [0.717, 1.165) is 36.9 Å². The van der Waals surface area contributed by atoms with Crippen LogP contribution >= 0.6 is 11.6 Å². The molecule has 1 aliphatic heterocycles. The molecular formula is C22H24ClN7O2. The van der Waals surface area contributed by atoms with Gasteiger partial charge in [-0.1, -0.05) is 29.8 Å². The second-order valence-corrected chi connectivity index (χ2v) is 7.63. The Bertz CT molecular complexity index is 1100. The van der Waals surface area contributed by atoms with E-state index in [2.05, 4.69) is 30.6 Å². The molecule has 1 aromatic heterocycles. The van der Waals surface area contributed by atoms with Crippen molar-refractivity contribution in [2.24, 2.45) is 0 Å². The highest BCUT2D eigenvalue weighted by atomic mass is 35.5. The third-order valence-corrected chi connectivity index (χ3v) is 5.50. The Morgan fingerprint density at radius 2 is 1.81 bits per heavy atom. The van der Waals surface area contributed by atoms with Gasteiger partial charge in [0, 0.05) is 36.9 Å². The molecule has 0 bridgehead atoms. The summed E-state index contributed by atoms with van der Waals surface area (Å²) in [5.41, 5.74) is 13.6. The number of aromatic nitrogens is 2. The van der Waals surface area contributed by atoms with Gasteiger partial charge in [0.15, 0.2) is 11.6 Å². The number of carbonyl (C=O) groups excluding carboxylic acids is 1. The van der Waals surface area contributed by atoms with Crippen LogP contribution in [0.5, 0.6) is 5.75 Å². The average molecular weight is 454 g/mol. The van der Waals surface area contributed by atoms with Gasteiger partial charge >= 0.3 is 0 Å². The number of ether oxygens (including phenoxy) is 1. The van der Waals surface area contributed by atoms with E-state index in [1.807, 2.05) is 24.3 Å². The van der Waals surface area contributed by atoms with Crippen LogP contribution in [0, 0.1) is 0 Å². The number of nitrogens with two attached hydrogens (primary N) is 1. The quantitative estimate of drug-likeness (QED) is 0.489. The summed E-state index contributed by atoms with van der Waals surface area (Å²) in [5.74, 6) is 1.06. The number of amides is 1. The van der Waals surface area contributed by atoms with Gasteiger partial charge in [0.05, 0.1) is 12.7 Å². The standard InChI is InChI=1S/C22H24ClN7O2/c1-32-18-8-3-2-7-17(18)22(31)28-27-20-19(24)21(26-14-25-20)30-11-9-29(10-12-30)16-6-4-5-15(23)13-16/h2-8,13-14H,9-12,24H2,1H3,(H,28,31)(H,25,26,27). The highest BCUT2D eigenvalue weighted by Gasteiger charge is 2.22. The van der Waals surface area contributed by atoms with Gasteiger partial charge in [-0.15, -0.1) is 0 Å². The monoisotopic (exact) mass is 453 g/mol. The average Bonchev–Trinajstić information content (AvgIpc) is 2.83. The second-order valence-electron chi connectivity index (χ2n) is 7.19. The van der Waals surface area contributed by atoms with Crippen molar-refractivity contribution >= 4 is 40.5 Å². The van der Waals surface area contributed by atoms with Crippen LogP contribution in [0.3, 0.4) is 0 Å². The van der Waals surface area contributed by atoms with E-state index in [0.29, 0.717) is 28.6 Å². The first-order valence-corrected chi connectivity index (χ1v) is 10.5. The van der Waals surface area contributed by atoms with Crippen LogP contribution in [0.4, 0.5) is 23.0 Å². The molecule has 0 saturated carbocycles. The number of piperazine rings is 1. The minimum Gasteiger partial charge on any atom is -0.496 e. The van der Waals surface area contributed by atoms with Crippen LogP contribution in [0.25, 0.3) is 0 Å². The molecule has 10 heteroatoms. The lowest BCUT2D eigenvalue weighted by atomic mass is 10.2. The molecule has 32 heavy (non-hydrogen) atoms. The molecule has 166 valence electrons. The van der Waals surface area contributed by atoms with Gasteiger partial charge in [-0.05, 0) is 30.3 Å². The summed E-state index contributed by atoms with van der Waals surface area (Å²) in [7, 11) is 1.51. The number of benzene rings is 2. The number of carbonyl (C=O) groups is 1. The zero-order valence-electron chi connectivity index (χ0n) is 17.6. The maximum atomic E-state index is 12.5. The molecule has 3 aromatic rings. The number of nitrogens with zero attached hydrogens (tertiary/aromatic N) is 4. The Morgan fingerprint density at radius 3 is 2.56 bits per heavy atom. The van der Waals surface area contributed by atoms with E-state index >= 15 is 0 Å². The van der Waals surface area contributed by atoms with Crippen LogP contribution in [0.15, 0.2) is 54.9 Å². The Kier molecular flexibility index (Phi) is 6.46. The summed E-state index contributed by atoms with van der Waals surface area (Å²) in [5, 5.41) is 0.718. The number of nitrogens with one attached hydrogen (secondary N) is 2. The van der Waals surface area contributed by atoms with Crippen molar-refractivity contribution in [2.75, 3.05) is 54.2 Å². The van der Waals surface area contributed by atoms with Crippen molar-refractivity contribution < 1.29 is 9.53 Å². The molecule has 4 N–H and O–H groups in total. The normalized spacial score (nSPS) is 13.6. The third kappa shape index (κ3) is 4.62. The van der Waals surface area contributed by atoms with Crippen molar-refractivity contribution in [3.63, 3.8) is 0 Å². The van der Waals surface area contributed by atoms with E-state index in [1.54, 1.807) is 24.3 Å². The van der Waals surface area contributed by atoms with E-state index < -0.39 is 0 Å². The lowest BCUT2D eigenvalue weighted by Crippen LogP contribution is -2.47. The van der Waals surface area contributed by atoms with Crippen LogP contribution in [-0.4, -0.2) is 49.2 Å². The molecule has 2 heterocycles. The fourth-order valence-electron chi connectivity index (χ4n) is 3.60. The number of anilines is 4. The Balaban J connectivity index is 1.41. The number of hydrazine groups is 1. The summed E-state index contributed by atoms with van der Waals surface area (Å²) >= 11 is 6.12. The summed E-state index contributed by atoms with van der Waals surface area (Å²) < 4.78 is 5.23. The van der Waals surface area contributed by atoms with Gasteiger partial charge in [0.25, 0.3) is 5.91 Å². The van der Waals surface area contributed by atoms with Crippen LogP contribution in [-0.2, 0) is 0 Å². The number of hydrogen-bond acceptors (Lipinski definition) is 8. The SMILES string of the molecule is COc1ccccc1C(=O)NNc1ncnc(N2CCN(c3cccc(Cl)c3)CC2)c1N. The summed E-state index contributed by atoms with van der Waals surface area (Å²) in [6.45, 7) is 3.08. The second kappa shape index (κ2) is 9.61. The predicted molar refractivity (Wildman–Crippen MR) is 126 cm³/mol. The largest absolute Gasteiger partial charge is 0.496 e. The lowest BCUT2D eigenvalue weighted by Gasteiger charge is -2.37. The zero-order chi connectivity index (χ0) is 22.5. The fraction of sp³-hybridized carbons (Fsp3) is 0.227. The highest BCUT2D eigenvalue weighted by Crippen LogP contribution is 2.28. The van der Waals surface area contributed by atoms with Crippen molar-refractivity contribution in [3.8, 4) is 5.75 Å². The summed E-state index contributed by atoms with van der Waals surface area (Å²) in [6, 6.07) is 14.8. The smallest absolute Gasteiger partial charge is 0.273 e. The molecular weight excluding hydrogens is 430 g/mol. The first-order chi connectivity index (χ1) is 15.6. The minimum absolute atomic E-state index is 0.329. The Labute approximate surface area is 191 Å². The number of halogens is 1. The molecule has 2 aromatic carbocycles. The molecule has 0 unspecified atom stereocenters. The molecule has 1 amide bonds. The first kappa shape index (κ1) is 21.5. The van der Waals surface area contributed by atoms with Gasteiger partial charge in [-0.3, -0.25) is 15.6 Å². The van der Waals surface area contributed by atoms with E-state index in [4.69, 9.17) is 22.1 Å². The van der Waals surface area contributed by atoms with Crippen molar-refractivity contribution in [1.29, 1.82) is 0 Å². The molecule has 1 fully saturated rings. The molecule has 1 saturated heterocycles. The van der Waals surface area contributed by atoms with E-state index in [1.165, 1.54) is 13.4 Å². The number of nitrogen functional groups attached to an aromatic ring is 1. The number of rotatable bonds is 6. The molecule has 1 aliphatic rings. The molecule has 9 nitrogen and oxygen atoms in total. The van der Waals surface area contributed by atoms with Gasteiger partial charge in [-0.25, -0.2) is 9.97 Å². The van der Waals surface area contributed by atoms with Crippen molar-refractivity contribution in [3.05, 3.63) is 65.4 Å². The molecule has 0 spiro atoms. The number of methoxy groups -OCH3 is 1. The lowest BCUT2D eigenvalue weighted by molar-refractivity contribution is 0.0959. The van der Waals surface area contributed by atoms with Crippen LogP contribution in [0.2, 0.25) is 5.02 Å². The number of hydrogen-bond donors (Lipinski definition) is 3. The van der Waals surface area contributed by atoms with Crippen molar-refractivity contribution in [1.82, 2.24) is 15.4 Å². The maximum absolute atomic E-state index is 12.5. The molecule has 0 aliphatic carbocycles. The van der Waals surface area contributed by atoms with Crippen LogP contribution in [0.1, 0.15) is 10.4 Å². The number of para-hydroxylation sites is 1. The van der Waals surface area contributed by atoms with Gasteiger partial charge in [0.1, 0.15) is 17.8 Å². The van der Waals surface area contributed by atoms with Crippen molar-refractivity contribution in [2.45, 2.75) is 0 Å². The maximum Gasteiger partial charge on any atom is 0.273 e. The molecule has 4 rings (SSSR count). The predicted octanol–water partition coefficient (Wildman–Crippen LogP) is 2.80. The van der Waals surface area contributed by atoms with Gasteiger partial charge in [-0.2, -0.15) is 0 Å². The first-order valence-electron chi connectivity index (χ1n) is 10.1. The molecule has 0 atom stereocenters. The molecule has 0 radical (unpaired) electrons. The summed E-state index contributed by atoms with van der Waals surface area (Å²) in [4.78, 5) is 25.4. The Morgan fingerprint density at radius 1 is 1.06 bits per heavy atom. The summed E-state index contributed by atoms with van der Waals surface area (Å²) in [6.07, 6.45) is 1.42. The van der Waals surface area contributed by atoms with E-state index in [9.17, 15) is 4.79 Å². The zero-order valence-corrected chi connectivity index (χ0v) is 18.3. The van der Waals surface area contributed by atoms with Gasteiger partial charge in [0.2, 0.25) is 0 Å². The fourth-order valence-corrected chi connectivity index (χ4v) is 3.79. The highest BCUT2D eigenvalue weighted by molar-refractivity contribution is 6.30. The minimum atomic E-state index is -0.364.